The normalized spacial score (nSPS) is 10.7. The van der Waals surface area contributed by atoms with Gasteiger partial charge in [-0.1, -0.05) is 6.07 Å². The van der Waals surface area contributed by atoms with Crippen LogP contribution in [0, 0.1) is 12.7 Å². The predicted octanol–water partition coefficient (Wildman–Crippen LogP) is 4.54. The van der Waals surface area contributed by atoms with Gasteiger partial charge in [0.15, 0.2) is 11.6 Å². The molecule has 2 aromatic carbocycles. The number of aromatic nitrogens is 3. The van der Waals surface area contributed by atoms with Gasteiger partial charge in [-0.25, -0.2) is 14.4 Å². The summed E-state index contributed by atoms with van der Waals surface area (Å²) in [5.41, 5.74) is 9.96. The molecule has 2 aromatic heterocycles. The first-order valence-electron chi connectivity index (χ1n) is 8.36. The average Bonchev–Trinajstić information content (AvgIpc) is 2.66. The number of hydrogen-bond acceptors (Lipinski definition) is 6. The molecule has 4 rings (SSSR count). The lowest BCUT2D eigenvalue weighted by atomic mass is 10.1. The highest BCUT2D eigenvalue weighted by Crippen LogP contribution is 2.31. The molecule has 0 amide bonds. The van der Waals surface area contributed by atoms with Crippen LogP contribution >= 0.6 is 0 Å². The van der Waals surface area contributed by atoms with E-state index >= 15 is 0 Å². The van der Waals surface area contributed by atoms with Crippen molar-refractivity contribution >= 4 is 39.6 Å². The number of rotatable bonds is 4. The van der Waals surface area contributed by atoms with E-state index in [1.807, 2.05) is 37.3 Å². The zero-order valence-electron chi connectivity index (χ0n) is 14.6. The quantitative estimate of drug-likeness (QED) is 0.495. The average molecular weight is 360 g/mol. The number of nitrogen functional groups attached to an aromatic ring is 1. The summed E-state index contributed by atoms with van der Waals surface area (Å²) in [5, 5.41) is 7.30. The van der Waals surface area contributed by atoms with Crippen molar-refractivity contribution in [2.24, 2.45) is 0 Å². The van der Waals surface area contributed by atoms with Crippen LogP contribution in [-0.2, 0) is 0 Å². The SMILES string of the molecule is Cc1ccc2c(Nc3ncnc(Nc4ccc(F)cc4)c3N)cccc2n1. The molecule has 4 N–H and O–H groups in total. The molecule has 0 bridgehead atoms. The topological polar surface area (TPSA) is 88.8 Å². The van der Waals surface area contributed by atoms with E-state index in [1.165, 1.54) is 18.5 Å². The fraction of sp³-hybridized carbons (Fsp3) is 0.0500. The van der Waals surface area contributed by atoms with Gasteiger partial charge >= 0.3 is 0 Å². The first-order chi connectivity index (χ1) is 13.1. The maximum absolute atomic E-state index is 13.1. The van der Waals surface area contributed by atoms with Gasteiger partial charge in [0, 0.05) is 22.5 Å². The van der Waals surface area contributed by atoms with Crippen LogP contribution < -0.4 is 16.4 Å². The van der Waals surface area contributed by atoms with E-state index in [1.54, 1.807) is 12.1 Å². The van der Waals surface area contributed by atoms with E-state index in [0.29, 0.717) is 23.0 Å². The second-order valence-corrected chi connectivity index (χ2v) is 6.07. The molecule has 0 unspecified atom stereocenters. The summed E-state index contributed by atoms with van der Waals surface area (Å²) in [7, 11) is 0. The lowest BCUT2D eigenvalue weighted by Crippen LogP contribution is -2.05. The van der Waals surface area contributed by atoms with Crippen molar-refractivity contribution in [1.82, 2.24) is 15.0 Å². The highest BCUT2D eigenvalue weighted by Gasteiger charge is 2.10. The van der Waals surface area contributed by atoms with Crippen LogP contribution in [0.25, 0.3) is 10.9 Å². The molecule has 0 spiro atoms. The minimum Gasteiger partial charge on any atom is -0.393 e. The van der Waals surface area contributed by atoms with Gasteiger partial charge < -0.3 is 16.4 Å². The van der Waals surface area contributed by atoms with Crippen LogP contribution in [0.4, 0.5) is 33.1 Å². The molecule has 0 radical (unpaired) electrons. The minimum atomic E-state index is -0.307. The van der Waals surface area contributed by atoms with Crippen molar-refractivity contribution in [1.29, 1.82) is 0 Å². The van der Waals surface area contributed by atoms with Gasteiger partial charge in [0.25, 0.3) is 0 Å². The summed E-state index contributed by atoms with van der Waals surface area (Å²) in [6.45, 7) is 1.95. The number of aryl methyl sites for hydroxylation is 1. The summed E-state index contributed by atoms with van der Waals surface area (Å²) >= 11 is 0. The first-order valence-corrected chi connectivity index (χ1v) is 8.36. The van der Waals surface area contributed by atoms with E-state index in [-0.39, 0.29) is 5.82 Å². The number of nitrogens with zero attached hydrogens (tertiary/aromatic N) is 3. The Hall–Kier alpha value is -3.74. The van der Waals surface area contributed by atoms with Gasteiger partial charge in [0.1, 0.15) is 17.8 Å². The molecule has 0 aliphatic carbocycles. The molecule has 0 aliphatic rings. The predicted molar refractivity (Wildman–Crippen MR) is 106 cm³/mol. The number of benzene rings is 2. The van der Waals surface area contributed by atoms with Crippen molar-refractivity contribution < 1.29 is 4.39 Å². The number of hydrogen-bond donors (Lipinski definition) is 3. The van der Waals surface area contributed by atoms with Crippen LogP contribution in [0.5, 0.6) is 0 Å². The number of nitrogens with two attached hydrogens (primary N) is 1. The van der Waals surface area contributed by atoms with Gasteiger partial charge in [-0.2, -0.15) is 0 Å². The molecule has 0 atom stereocenters. The van der Waals surface area contributed by atoms with Gasteiger partial charge in [-0.05, 0) is 55.5 Å². The van der Waals surface area contributed by atoms with Crippen LogP contribution in [0.1, 0.15) is 5.69 Å². The van der Waals surface area contributed by atoms with Gasteiger partial charge in [0.05, 0.1) is 5.52 Å². The number of pyridine rings is 1. The first kappa shape index (κ1) is 16.7. The largest absolute Gasteiger partial charge is 0.393 e. The van der Waals surface area contributed by atoms with E-state index in [9.17, 15) is 4.39 Å². The number of fused-ring (bicyclic) bond motifs is 1. The van der Waals surface area contributed by atoms with Gasteiger partial charge in [0.2, 0.25) is 0 Å². The third-order valence-corrected chi connectivity index (χ3v) is 4.12. The lowest BCUT2D eigenvalue weighted by molar-refractivity contribution is 0.628. The molecule has 0 aliphatic heterocycles. The minimum absolute atomic E-state index is 0.307. The van der Waals surface area contributed by atoms with Crippen molar-refractivity contribution in [3.8, 4) is 0 Å². The van der Waals surface area contributed by atoms with Crippen LogP contribution in [0.2, 0.25) is 0 Å². The van der Waals surface area contributed by atoms with E-state index in [0.717, 1.165) is 22.3 Å². The monoisotopic (exact) mass is 360 g/mol. The van der Waals surface area contributed by atoms with Crippen molar-refractivity contribution in [2.45, 2.75) is 6.92 Å². The Morgan fingerprint density at radius 1 is 0.889 bits per heavy atom. The van der Waals surface area contributed by atoms with Crippen LogP contribution in [0.15, 0.2) is 60.9 Å². The molecule has 6 nitrogen and oxygen atoms in total. The highest BCUT2D eigenvalue weighted by molar-refractivity contribution is 5.94. The van der Waals surface area contributed by atoms with Crippen molar-refractivity contribution in [3.05, 3.63) is 72.4 Å². The summed E-state index contributed by atoms with van der Waals surface area (Å²) in [6, 6.07) is 15.7. The molecular formula is C20H17FN6. The zero-order chi connectivity index (χ0) is 18.8. The highest BCUT2D eigenvalue weighted by atomic mass is 19.1. The van der Waals surface area contributed by atoms with Crippen LogP contribution in [-0.4, -0.2) is 15.0 Å². The second-order valence-electron chi connectivity index (χ2n) is 6.07. The fourth-order valence-corrected chi connectivity index (χ4v) is 2.76. The molecule has 4 aromatic rings. The molecule has 0 saturated carbocycles. The number of halogens is 1. The Morgan fingerprint density at radius 2 is 1.63 bits per heavy atom. The maximum Gasteiger partial charge on any atom is 0.159 e. The second kappa shape index (κ2) is 6.87. The maximum atomic E-state index is 13.1. The zero-order valence-corrected chi connectivity index (χ0v) is 14.6. The fourth-order valence-electron chi connectivity index (χ4n) is 2.76. The van der Waals surface area contributed by atoms with E-state index in [2.05, 4.69) is 25.6 Å². The molecule has 134 valence electrons. The summed E-state index contributed by atoms with van der Waals surface area (Å²) in [6.07, 6.45) is 1.41. The Labute approximate surface area is 155 Å². The van der Waals surface area contributed by atoms with Crippen molar-refractivity contribution in [3.63, 3.8) is 0 Å². The van der Waals surface area contributed by atoms with E-state index < -0.39 is 0 Å². The third kappa shape index (κ3) is 3.48. The Balaban J connectivity index is 1.66. The molecule has 0 saturated heterocycles. The Kier molecular flexibility index (Phi) is 4.25. The van der Waals surface area contributed by atoms with Crippen LogP contribution in [0.3, 0.4) is 0 Å². The summed E-state index contributed by atoms with van der Waals surface area (Å²) in [5.74, 6) is 0.606. The Morgan fingerprint density at radius 3 is 2.41 bits per heavy atom. The van der Waals surface area contributed by atoms with Crippen molar-refractivity contribution in [2.75, 3.05) is 16.4 Å². The molecule has 2 heterocycles. The smallest absolute Gasteiger partial charge is 0.159 e. The van der Waals surface area contributed by atoms with E-state index in [4.69, 9.17) is 5.73 Å². The lowest BCUT2D eigenvalue weighted by Gasteiger charge is -2.14. The summed E-state index contributed by atoms with van der Waals surface area (Å²) < 4.78 is 13.1. The molecule has 0 fully saturated rings. The standard InChI is InChI=1S/C20H17FN6/c1-12-5-10-15-16(25-12)3-2-4-17(15)27-20-18(22)19(23-11-24-20)26-14-8-6-13(21)7-9-14/h2-11H,22H2,1H3,(H2,23,24,26,27). The van der Waals surface area contributed by atoms with Gasteiger partial charge in [-0.3, -0.25) is 4.98 Å². The number of anilines is 5. The summed E-state index contributed by atoms with van der Waals surface area (Å²) in [4.78, 5) is 13.0. The molecular weight excluding hydrogens is 343 g/mol. The number of nitrogens with one attached hydrogen (secondary N) is 2. The third-order valence-electron chi connectivity index (χ3n) is 4.12. The Bertz CT molecular complexity index is 1110. The van der Waals surface area contributed by atoms with Gasteiger partial charge in [-0.15, -0.1) is 0 Å². The molecule has 27 heavy (non-hydrogen) atoms. The molecule has 7 heteroatoms.